The highest BCUT2D eigenvalue weighted by Crippen LogP contribution is 2.19. The molecule has 4 heteroatoms. The van der Waals surface area contributed by atoms with Crippen molar-refractivity contribution in [3.63, 3.8) is 0 Å². The highest BCUT2D eigenvalue weighted by atomic mass is 16.5. The van der Waals surface area contributed by atoms with Crippen LogP contribution in [0.15, 0.2) is 11.6 Å². The van der Waals surface area contributed by atoms with Gasteiger partial charge in [-0.25, -0.2) is 0 Å². The normalized spacial score (nSPS) is 15.8. The molecule has 0 amide bonds. The summed E-state index contributed by atoms with van der Waals surface area (Å²) in [5, 5.41) is 0. The molecule has 0 aromatic carbocycles. The van der Waals surface area contributed by atoms with Crippen LogP contribution in [0.3, 0.4) is 0 Å². The molecule has 1 aliphatic heterocycles. The maximum Gasteiger partial charge on any atom is 0.138 e. The van der Waals surface area contributed by atoms with Crippen LogP contribution in [0.5, 0.6) is 0 Å². The van der Waals surface area contributed by atoms with Crippen molar-refractivity contribution in [2.45, 2.75) is 27.7 Å². The molecule has 16 heavy (non-hydrogen) atoms. The van der Waals surface area contributed by atoms with Crippen LogP contribution in [0.4, 0.5) is 0 Å². The number of rotatable bonds is 4. The van der Waals surface area contributed by atoms with Gasteiger partial charge in [-0.1, -0.05) is 27.7 Å². The van der Waals surface area contributed by atoms with Gasteiger partial charge in [-0.3, -0.25) is 0 Å². The molecular weight excluding hydrogens is 204 g/mol. The third-order valence-corrected chi connectivity index (χ3v) is 2.30. The van der Waals surface area contributed by atoms with Crippen molar-refractivity contribution >= 4 is 0 Å². The van der Waals surface area contributed by atoms with Gasteiger partial charge in [-0.05, 0) is 0 Å². The van der Waals surface area contributed by atoms with Crippen LogP contribution in [-0.4, -0.2) is 38.3 Å². The summed E-state index contributed by atoms with van der Waals surface area (Å²) in [6.45, 7) is 11.3. The van der Waals surface area contributed by atoms with Gasteiger partial charge in [0.1, 0.15) is 18.2 Å². The zero-order chi connectivity index (χ0) is 12.6. The molecule has 0 saturated heterocycles. The zero-order valence-electron chi connectivity index (χ0n) is 11.2. The Labute approximate surface area is 99.4 Å². The van der Waals surface area contributed by atoms with E-state index < -0.39 is 0 Å². The lowest BCUT2D eigenvalue weighted by Gasteiger charge is -2.32. The van der Waals surface area contributed by atoms with Crippen LogP contribution in [0.1, 0.15) is 27.7 Å². The third-order valence-electron chi connectivity index (χ3n) is 2.30. The monoisotopic (exact) mass is 230 g/mol. The van der Waals surface area contributed by atoms with Crippen molar-refractivity contribution in [2.24, 2.45) is 11.7 Å². The van der Waals surface area contributed by atoms with E-state index >= 15 is 0 Å². The van der Waals surface area contributed by atoms with Gasteiger partial charge in [0.25, 0.3) is 0 Å². The SMILES string of the molecule is CC.COCCN1CCOC(C(C)C)=C1N. The van der Waals surface area contributed by atoms with Gasteiger partial charge in [-0.15, -0.1) is 0 Å². The average molecular weight is 230 g/mol. The van der Waals surface area contributed by atoms with E-state index in [4.69, 9.17) is 15.2 Å². The Bertz CT molecular complexity index is 215. The average Bonchev–Trinajstić information content (AvgIpc) is 2.30. The summed E-state index contributed by atoms with van der Waals surface area (Å²) in [6, 6.07) is 0. The van der Waals surface area contributed by atoms with Crippen molar-refractivity contribution < 1.29 is 9.47 Å². The molecule has 0 aromatic heterocycles. The van der Waals surface area contributed by atoms with Gasteiger partial charge in [0.15, 0.2) is 0 Å². The van der Waals surface area contributed by atoms with Crippen LogP contribution in [0.25, 0.3) is 0 Å². The second kappa shape index (κ2) is 8.28. The van der Waals surface area contributed by atoms with E-state index in [1.54, 1.807) is 7.11 Å². The van der Waals surface area contributed by atoms with Gasteiger partial charge in [-0.2, -0.15) is 0 Å². The zero-order valence-corrected chi connectivity index (χ0v) is 11.2. The fourth-order valence-electron chi connectivity index (χ4n) is 1.51. The fourth-order valence-corrected chi connectivity index (χ4v) is 1.51. The first-order valence-electron chi connectivity index (χ1n) is 6.03. The number of nitrogens with zero attached hydrogens (tertiary/aromatic N) is 1. The van der Waals surface area contributed by atoms with Crippen molar-refractivity contribution in [1.29, 1.82) is 0 Å². The molecule has 0 aromatic rings. The number of ether oxygens (including phenoxy) is 2. The molecule has 1 aliphatic rings. The van der Waals surface area contributed by atoms with Crippen LogP contribution in [0.2, 0.25) is 0 Å². The highest BCUT2D eigenvalue weighted by molar-refractivity contribution is 5.08. The maximum absolute atomic E-state index is 5.99. The molecule has 0 atom stereocenters. The minimum absolute atomic E-state index is 0.348. The van der Waals surface area contributed by atoms with Gasteiger partial charge in [0.05, 0.1) is 13.2 Å². The van der Waals surface area contributed by atoms with E-state index in [1.807, 2.05) is 13.8 Å². The largest absolute Gasteiger partial charge is 0.492 e. The molecular formula is C12H26N2O2. The first-order valence-corrected chi connectivity index (χ1v) is 6.03. The van der Waals surface area contributed by atoms with Gasteiger partial charge >= 0.3 is 0 Å². The lowest BCUT2D eigenvalue weighted by atomic mass is 10.1. The van der Waals surface area contributed by atoms with Crippen LogP contribution < -0.4 is 5.73 Å². The predicted molar refractivity (Wildman–Crippen MR) is 66.8 cm³/mol. The molecule has 0 bridgehead atoms. The molecule has 1 rings (SSSR count). The molecule has 0 saturated carbocycles. The molecule has 1 heterocycles. The summed E-state index contributed by atoms with van der Waals surface area (Å²) >= 11 is 0. The maximum atomic E-state index is 5.99. The Kier molecular flexibility index (Phi) is 7.81. The molecule has 0 fully saturated rings. The smallest absolute Gasteiger partial charge is 0.138 e. The lowest BCUT2D eigenvalue weighted by molar-refractivity contribution is 0.0890. The molecule has 4 nitrogen and oxygen atoms in total. The number of allylic oxidation sites excluding steroid dienone is 1. The van der Waals surface area contributed by atoms with Crippen LogP contribution in [-0.2, 0) is 9.47 Å². The third kappa shape index (κ3) is 4.31. The Morgan fingerprint density at radius 2 is 2.06 bits per heavy atom. The molecule has 96 valence electrons. The number of hydrogen-bond donors (Lipinski definition) is 1. The van der Waals surface area contributed by atoms with Gasteiger partial charge in [0.2, 0.25) is 0 Å². The van der Waals surface area contributed by atoms with Crippen molar-refractivity contribution in [2.75, 3.05) is 33.4 Å². The van der Waals surface area contributed by atoms with Crippen molar-refractivity contribution in [3.05, 3.63) is 11.6 Å². The van der Waals surface area contributed by atoms with E-state index in [0.717, 1.165) is 31.3 Å². The summed E-state index contributed by atoms with van der Waals surface area (Å²) < 4.78 is 10.6. The number of hydrogen-bond acceptors (Lipinski definition) is 4. The Balaban J connectivity index is 0.00000106. The second-order valence-corrected chi connectivity index (χ2v) is 3.73. The first-order chi connectivity index (χ1) is 7.66. The molecule has 0 unspecified atom stereocenters. The van der Waals surface area contributed by atoms with Gasteiger partial charge < -0.3 is 20.1 Å². The van der Waals surface area contributed by atoms with Crippen LogP contribution >= 0.6 is 0 Å². The number of methoxy groups -OCH3 is 1. The van der Waals surface area contributed by atoms with Crippen molar-refractivity contribution in [3.8, 4) is 0 Å². The van der Waals surface area contributed by atoms with E-state index in [9.17, 15) is 0 Å². The summed E-state index contributed by atoms with van der Waals surface area (Å²) in [5.41, 5.74) is 5.99. The lowest BCUT2D eigenvalue weighted by Crippen LogP contribution is -2.39. The standard InChI is InChI=1S/C10H20N2O2.C2H6/c1-8(2)9-10(11)12(4-6-13-3)5-7-14-9;1-2/h8H,4-7,11H2,1-3H3;1-2H3. The second-order valence-electron chi connectivity index (χ2n) is 3.73. The highest BCUT2D eigenvalue weighted by Gasteiger charge is 2.20. The van der Waals surface area contributed by atoms with E-state index in [-0.39, 0.29) is 0 Å². The summed E-state index contributed by atoms with van der Waals surface area (Å²) in [6.07, 6.45) is 0. The number of nitrogens with two attached hydrogens (primary N) is 1. The van der Waals surface area contributed by atoms with Crippen molar-refractivity contribution in [1.82, 2.24) is 4.90 Å². The molecule has 0 radical (unpaired) electrons. The Hall–Kier alpha value is -0.900. The van der Waals surface area contributed by atoms with Crippen LogP contribution in [0, 0.1) is 5.92 Å². The quantitative estimate of drug-likeness (QED) is 0.799. The summed E-state index contributed by atoms with van der Waals surface area (Å²) in [7, 11) is 1.70. The molecule has 0 aliphatic carbocycles. The topological polar surface area (TPSA) is 47.7 Å². The predicted octanol–water partition coefficient (Wildman–Crippen LogP) is 1.78. The van der Waals surface area contributed by atoms with Gasteiger partial charge in [0, 0.05) is 19.6 Å². The van der Waals surface area contributed by atoms with E-state index in [0.29, 0.717) is 12.5 Å². The van der Waals surface area contributed by atoms with E-state index in [2.05, 4.69) is 18.7 Å². The Morgan fingerprint density at radius 3 is 2.56 bits per heavy atom. The molecule has 0 spiro atoms. The minimum atomic E-state index is 0.348. The molecule has 2 N–H and O–H groups in total. The first kappa shape index (κ1) is 15.1. The summed E-state index contributed by atoms with van der Waals surface area (Å²) in [5.74, 6) is 2.02. The Morgan fingerprint density at radius 1 is 1.44 bits per heavy atom. The van der Waals surface area contributed by atoms with E-state index in [1.165, 1.54) is 0 Å². The fraction of sp³-hybridized carbons (Fsp3) is 0.833. The summed E-state index contributed by atoms with van der Waals surface area (Å²) in [4.78, 5) is 2.11. The minimum Gasteiger partial charge on any atom is -0.492 e.